The maximum atomic E-state index is 14.4. The molecule has 43 heavy (non-hydrogen) atoms. The van der Waals surface area contributed by atoms with E-state index in [0.717, 1.165) is 55.8 Å². The van der Waals surface area contributed by atoms with Crippen molar-refractivity contribution in [2.75, 3.05) is 36.4 Å². The third-order valence-electron chi connectivity index (χ3n) is 8.90. The fourth-order valence-corrected chi connectivity index (χ4v) is 7.76. The summed E-state index contributed by atoms with van der Waals surface area (Å²) in [5.41, 5.74) is 6.02. The van der Waals surface area contributed by atoms with Gasteiger partial charge >= 0.3 is 0 Å². The van der Waals surface area contributed by atoms with E-state index in [1.165, 1.54) is 33.0 Å². The van der Waals surface area contributed by atoms with Crippen molar-refractivity contribution < 1.29 is 13.2 Å². The van der Waals surface area contributed by atoms with Crippen LogP contribution in [0.2, 0.25) is 0 Å². The summed E-state index contributed by atoms with van der Waals surface area (Å²) in [6.07, 6.45) is 6.63. The zero-order chi connectivity index (χ0) is 29.6. The molecule has 0 saturated carbocycles. The Morgan fingerprint density at radius 3 is 2.51 bits per heavy atom. The SMILES string of the molecule is Cc1ccc(S(=O)(=O)n2ccc(C(=O)C(C3CCc4ccccc4N3)N3CCN(c4cccc5[nH]ccc45)CC3)c2)cc1. The van der Waals surface area contributed by atoms with E-state index in [1.807, 2.05) is 25.3 Å². The van der Waals surface area contributed by atoms with Gasteiger partial charge in [0.15, 0.2) is 5.78 Å². The maximum absolute atomic E-state index is 14.4. The van der Waals surface area contributed by atoms with Crippen LogP contribution in [0.15, 0.2) is 102 Å². The van der Waals surface area contributed by atoms with Crippen LogP contribution in [0.3, 0.4) is 0 Å². The number of para-hydroxylation sites is 1. The third kappa shape index (κ3) is 5.13. The van der Waals surface area contributed by atoms with Gasteiger partial charge in [-0.1, -0.05) is 42.0 Å². The Balaban J connectivity index is 1.17. The zero-order valence-electron chi connectivity index (χ0n) is 24.1. The number of carbonyl (C=O) groups excluding carboxylic acids is 1. The summed E-state index contributed by atoms with van der Waals surface area (Å²) in [4.78, 5) is 22.5. The van der Waals surface area contributed by atoms with Crippen molar-refractivity contribution in [3.05, 3.63) is 114 Å². The Kier molecular flexibility index (Phi) is 7.07. The lowest BCUT2D eigenvalue weighted by molar-refractivity contribution is 0.0771. The number of aromatic amines is 1. The molecule has 0 radical (unpaired) electrons. The molecule has 0 bridgehead atoms. The van der Waals surface area contributed by atoms with E-state index in [2.05, 4.69) is 56.5 Å². The molecular formula is C34H35N5O3S. The molecule has 9 heteroatoms. The number of rotatable bonds is 7. The average Bonchev–Trinajstić information content (AvgIpc) is 3.73. The predicted octanol–water partition coefficient (Wildman–Crippen LogP) is 5.32. The Bertz CT molecular complexity index is 1880. The second kappa shape index (κ2) is 11.1. The number of aryl methyl sites for hydroxylation is 2. The van der Waals surface area contributed by atoms with Crippen molar-refractivity contribution in [3.63, 3.8) is 0 Å². The normalized spacial score (nSPS) is 18.3. The molecule has 2 aliphatic heterocycles. The highest BCUT2D eigenvalue weighted by Crippen LogP contribution is 2.31. The minimum Gasteiger partial charge on any atom is -0.380 e. The number of fused-ring (bicyclic) bond motifs is 2. The highest BCUT2D eigenvalue weighted by atomic mass is 32.2. The fourth-order valence-electron chi connectivity index (χ4n) is 6.56. The minimum atomic E-state index is -3.81. The second-order valence-electron chi connectivity index (χ2n) is 11.5. The quantitative estimate of drug-likeness (QED) is 0.249. The molecule has 5 aromatic rings. The minimum absolute atomic E-state index is 0.0593. The molecule has 0 aliphatic carbocycles. The van der Waals surface area contributed by atoms with Gasteiger partial charge in [-0.25, -0.2) is 12.4 Å². The summed E-state index contributed by atoms with van der Waals surface area (Å²) in [7, 11) is -3.81. The van der Waals surface area contributed by atoms with Crippen molar-refractivity contribution in [1.82, 2.24) is 13.9 Å². The van der Waals surface area contributed by atoms with Gasteiger partial charge in [0.2, 0.25) is 0 Å². The van der Waals surface area contributed by atoms with Crippen LogP contribution in [0.25, 0.3) is 10.9 Å². The van der Waals surface area contributed by atoms with Gasteiger partial charge in [0.25, 0.3) is 10.0 Å². The highest BCUT2D eigenvalue weighted by molar-refractivity contribution is 7.90. The average molecular weight is 594 g/mol. The van der Waals surface area contributed by atoms with Crippen molar-refractivity contribution in [1.29, 1.82) is 0 Å². The van der Waals surface area contributed by atoms with Crippen LogP contribution in [0, 0.1) is 6.92 Å². The highest BCUT2D eigenvalue weighted by Gasteiger charge is 2.38. The molecule has 220 valence electrons. The molecule has 2 N–H and O–H groups in total. The van der Waals surface area contributed by atoms with E-state index in [-0.39, 0.29) is 16.7 Å². The maximum Gasteiger partial charge on any atom is 0.267 e. The van der Waals surface area contributed by atoms with Crippen LogP contribution in [-0.4, -0.2) is 66.3 Å². The number of Topliss-reactive ketones (excluding diaryl/α,β-unsaturated/α-hetero) is 1. The summed E-state index contributed by atoms with van der Waals surface area (Å²) in [5.74, 6) is -0.0593. The van der Waals surface area contributed by atoms with E-state index in [1.54, 1.807) is 30.3 Å². The Morgan fingerprint density at radius 1 is 0.907 bits per heavy atom. The summed E-state index contributed by atoms with van der Waals surface area (Å²) in [5, 5.41) is 4.87. The van der Waals surface area contributed by atoms with E-state index in [4.69, 9.17) is 0 Å². The summed E-state index contributed by atoms with van der Waals surface area (Å²) < 4.78 is 27.9. The molecule has 0 amide bonds. The Hall–Kier alpha value is -4.34. The van der Waals surface area contributed by atoms with E-state index >= 15 is 0 Å². The van der Waals surface area contributed by atoms with Crippen LogP contribution in [0.5, 0.6) is 0 Å². The van der Waals surface area contributed by atoms with Crippen molar-refractivity contribution in [2.45, 2.75) is 36.7 Å². The van der Waals surface area contributed by atoms with Crippen LogP contribution < -0.4 is 10.2 Å². The molecule has 1 fully saturated rings. The lowest BCUT2D eigenvalue weighted by Crippen LogP contribution is -2.58. The van der Waals surface area contributed by atoms with Gasteiger partial charge in [0, 0.05) is 78.7 Å². The monoisotopic (exact) mass is 593 g/mol. The molecule has 4 heterocycles. The first-order valence-electron chi connectivity index (χ1n) is 14.8. The first kappa shape index (κ1) is 27.5. The number of H-pyrrole nitrogens is 1. The number of aromatic nitrogens is 2. The molecule has 3 aromatic carbocycles. The molecule has 2 aromatic heterocycles. The van der Waals surface area contributed by atoms with E-state index in [9.17, 15) is 13.2 Å². The van der Waals surface area contributed by atoms with Crippen molar-refractivity contribution in [2.24, 2.45) is 0 Å². The first-order valence-corrected chi connectivity index (χ1v) is 16.3. The number of piperazine rings is 1. The van der Waals surface area contributed by atoms with Gasteiger partial charge in [-0.15, -0.1) is 0 Å². The predicted molar refractivity (Wildman–Crippen MR) is 171 cm³/mol. The van der Waals surface area contributed by atoms with Gasteiger partial charge in [-0.3, -0.25) is 9.69 Å². The number of hydrogen-bond acceptors (Lipinski definition) is 6. The lowest BCUT2D eigenvalue weighted by Gasteiger charge is -2.43. The topological polar surface area (TPSA) is 90.4 Å². The molecular weight excluding hydrogens is 558 g/mol. The summed E-state index contributed by atoms with van der Waals surface area (Å²) in [6, 6.07) is 24.6. The van der Waals surface area contributed by atoms with Crippen molar-refractivity contribution >= 4 is 38.1 Å². The molecule has 8 nitrogen and oxygen atoms in total. The standard InChI is InChI=1S/C34H35N5O3S/c1-24-9-12-27(13-10-24)43(41,42)39-18-16-26(23-39)34(40)33(31-14-11-25-5-2-3-6-29(25)36-31)38-21-19-37(20-22-38)32-8-4-7-30-28(32)15-17-35-30/h2-10,12-13,15-18,23,31,33,35-36H,11,14,19-22H2,1H3. The first-order chi connectivity index (χ1) is 20.9. The van der Waals surface area contributed by atoms with Gasteiger partial charge in [0.1, 0.15) is 0 Å². The molecule has 2 atom stereocenters. The van der Waals surface area contributed by atoms with Crippen LogP contribution in [-0.2, 0) is 16.4 Å². The number of carbonyl (C=O) groups is 1. The number of nitrogens with zero attached hydrogens (tertiary/aromatic N) is 3. The molecule has 1 saturated heterocycles. The van der Waals surface area contributed by atoms with E-state index in [0.29, 0.717) is 5.56 Å². The van der Waals surface area contributed by atoms with Crippen molar-refractivity contribution in [3.8, 4) is 0 Å². The van der Waals surface area contributed by atoms with Gasteiger partial charge in [-0.2, -0.15) is 0 Å². The van der Waals surface area contributed by atoms with Gasteiger partial charge < -0.3 is 15.2 Å². The largest absolute Gasteiger partial charge is 0.380 e. The molecule has 2 unspecified atom stereocenters. The second-order valence-corrected chi connectivity index (χ2v) is 13.4. The smallest absolute Gasteiger partial charge is 0.267 e. The number of ketones is 1. The van der Waals surface area contributed by atoms with Gasteiger partial charge in [0.05, 0.1) is 10.9 Å². The number of hydrogen-bond donors (Lipinski definition) is 2. The fraction of sp³-hybridized carbons (Fsp3) is 0.265. The number of anilines is 2. The Labute approximate surface area is 252 Å². The third-order valence-corrected chi connectivity index (χ3v) is 10.6. The molecule has 0 spiro atoms. The lowest BCUT2D eigenvalue weighted by atomic mass is 9.89. The van der Waals surface area contributed by atoms with Crippen LogP contribution in [0.4, 0.5) is 11.4 Å². The van der Waals surface area contributed by atoms with Gasteiger partial charge in [-0.05, 0) is 67.8 Å². The summed E-state index contributed by atoms with van der Waals surface area (Å²) >= 11 is 0. The van der Waals surface area contributed by atoms with E-state index < -0.39 is 16.1 Å². The molecule has 2 aliphatic rings. The van der Waals surface area contributed by atoms with Crippen LogP contribution in [0.1, 0.15) is 27.9 Å². The Morgan fingerprint density at radius 2 is 1.70 bits per heavy atom. The molecule has 7 rings (SSSR count). The number of nitrogens with one attached hydrogen (secondary N) is 2. The zero-order valence-corrected chi connectivity index (χ0v) is 24.9. The number of benzene rings is 3. The van der Waals surface area contributed by atoms with Crippen LogP contribution >= 0.6 is 0 Å². The summed E-state index contributed by atoms with van der Waals surface area (Å²) in [6.45, 7) is 4.94.